The molecule has 0 saturated heterocycles. The summed E-state index contributed by atoms with van der Waals surface area (Å²) in [5.41, 5.74) is 1.73. The Morgan fingerprint density at radius 2 is 2.00 bits per heavy atom. The average molecular weight is 431 g/mol. The molecule has 1 saturated carbocycles. The number of hydrogen-bond donors (Lipinski definition) is 1. The maximum atomic E-state index is 13.1. The fourth-order valence-electron chi connectivity index (χ4n) is 4.69. The van der Waals surface area contributed by atoms with E-state index in [1.54, 1.807) is 6.92 Å². The normalized spacial score (nSPS) is 29.1. The van der Waals surface area contributed by atoms with Gasteiger partial charge < -0.3 is 14.6 Å². The molecule has 142 valence electrons. The van der Waals surface area contributed by atoms with Gasteiger partial charge in [-0.3, -0.25) is 4.79 Å². The number of aliphatic hydroxyl groups is 1. The van der Waals surface area contributed by atoms with Crippen LogP contribution in [0.25, 0.3) is 0 Å². The van der Waals surface area contributed by atoms with Crippen LogP contribution in [0.15, 0.2) is 53.0 Å². The summed E-state index contributed by atoms with van der Waals surface area (Å²) in [5, 5.41) is 11.7. The van der Waals surface area contributed by atoms with E-state index >= 15 is 0 Å². The quantitative estimate of drug-likeness (QED) is 0.741. The second kappa shape index (κ2) is 7.04. The van der Waals surface area contributed by atoms with Gasteiger partial charge in [-0.15, -0.1) is 0 Å². The summed E-state index contributed by atoms with van der Waals surface area (Å²) in [6.45, 7) is 2.36. The van der Waals surface area contributed by atoms with E-state index in [0.29, 0.717) is 25.9 Å². The summed E-state index contributed by atoms with van der Waals surface area (Å²) < 4.78 is 12.5. The van der Waals surface area contributed by atoms with Crippen molar-refractivity contribution < 1.29 is 19.4 Å². The Hall–Kier alpha value is -1.69. The molecule has 0 spiro atoms. The van der Waals surface area contributed by atoms with Gasteiger partial charge in [0.1, 0.15) is 5.41 Å². The number of rotatable bonds is 4. The van der Waals surface area contributed by atoms with Crippen molar-refractivity contribution >= 4 is 21.9 Å². The molecule has 0 aromatic heterocycles. The first-order valence-corrected chi connectivity index (χ1v) is 10.2. The first kappa shape index (κ1) is 18.7. The minimum atomic E-state index is -1.57. The van der Waals surface area contributed by atoms with Crippen LogP contribution in [0.4, 0.5) is 0 Å². The van der Waals surface area contributed by atoms with Crippen molar-refractivity contribution in [3.63, 3.8) is 0 Å². The second-order valence-corrected chi connectivity index (χ2v) is 8.25. The average Bonchev–Trinajstić information content (AvgIpc) is 2.98. The zero-order valence-corrected chi connectivity index (χ0v) is 16.9. The van der Waals surface area contributed by atoms with Gasteiger partial charge in [0.05, 0.1) is 13.2 Å². The molecule has 1 N–H and O–H groups in total. The lowest BCUT2D eigenvalue weighted by Gasteiger charge is -2.46. The van der Waals surface area contributed by atoms with Crippen LogP contribution in [0.5, 0.6) is 0 Å². The lowest BCUT2D eigenvalue weighted by Crippen LogP contribution is -2.60. The molecule has 1 heterocycles. The molecule has 1 aliphatic carbocycles. The van der Waals surface area contributed by atoms with Gasteiger partial charge in [-0.2, -0.15) is 0 Å². The molecule has 0 amide bonds. The van der Waals surface area contributed by atoms with E-state index < -0.39 is 17.2 Å². The van der Waals surface area contributed by atoms with Crippen LogP contribution in [0.2, 0.25) is 0 Å². The van der Waals surface area contributed by atoms with Crippen LogP contribution in [-0.4, -0.2) is 23.5 Å². The Bertz CT molecular complexity index is 850. The molecule has 27 heavy (non-hydrogen) atoms. The molecule has 0 unspecified atom stereocenters. The lowest BCUT2D eigenvalue weighted by atomic mass is 9.69. The predicted molar refractivity (Wildman–Crippen MR) is 105 cm³/mol. The minimum absolute atomic E-state index is 0.184. The Labute approximate surface area is 167 Å². The van der Waals surface area contributed by atoms with E-state index in [4.69, 9.17) is 9.47 Å². The highest BCUT2D eigenvalue weighted by molar-refractivity contribution is 9.10. The molecule has 0 bridgehead atoms. The molecule has 1 fully saturated rings. The van der Waals surface area contributed by atoms with Crippen molar-refractivity contribution in [2.45, 2.75) is 44.0 Å². The number of fused-ring (bicyclic) bond motifs is 3. The number of ether oxygens (including phenoxy) is 2. The molecular formula is C22H23BrO4. The van der Waals surface area contributed by atoms with E-state index in [1.165, 1.54) is 0 Å². The van der Waals surface area contributed by atoms with Gasteiger partial charge in [-0.1, -0.05) is 52.3 Å². The first-order valence-electron chi connectivity index (χ1n) is 9.37. The van der Waals surface area contributed by atoms with E-state index in [0.717, 1.165) is 21.2 Å². The number of hydrogen-bond acceptors (Lipinski definition) is 4. The van der Waals surface area contributed by atoms with Crippen molar-refractivity contribution in [1.29, 1.82) is 0 Å². The van der Waals surface area contributed by atoms with Crippen LogP contribution in [-0.2, 0) is 32.7 Å². The van der Waals surface area contributed by atoms with Gasteiger partial charge in [0.15, 0.2) is 5.79 Å². The molecule has 4 rings (SSSR count). The molecule has 2 aromatic carbocycles. The van der Waals surface area contributed by atoms with Gasteiger partial charge in [0, 0.05) is 10.4 Å². The van der Waals surface area contributed by atoms with Crippen molar-refractivity contribution in [2.75, 3.05) is 6.61 Å². The lowest BCUT2D eigenvalue weighted by molar-refractivity contribution is -0.274. The maximum absolute atomic E-state index is 13.1. The summed E-state index contributed by atoms with van der Waals surface area (Å²) >= 11 is 3.45. The molecule has 3 atom stereocenters. The van der Waals surface area contributed by atoms with Crippen molar-refractivity contribution in [3.8, 4) is 0 Å². The Morgan fingerprint density at radius 3 is 2.74 bits per heavy atom. The van der Waals surface area contributed by atoms with Gasteiger partial charge in [0.25, 0.3) is 0 Å². The molecule has 5 heteroatoms. The molecule has 0 radical (unpaired) electrons. The zero-order valence-electron chi connectivity index (χ0n) is 15.3. The van der Waals surface area contributed by atoms with Crippen molar-refractivity contribution in [3.05, 3.63) is 69.7 Å². The number of benzene rings is 2. The van der Waals surface area contributed by atoms with Crippen molar-refractivity contribution in [1.82, 2.24) is 0 Å². The largest absolute Gasteiger partial charge is 0.465 e. The maximum Gasteiger partial charge on any atom is 0.322 e. The third-order valence-corrected chi connectivity index (χ3v) is 6.51. The van der Waals surface area contributed by atoms with E-state index in [9.17, 15) is 9.90 Å². The highest BCUT2D eigenvalue weighted by Crippen LogP contribution is 2.57. The van der Waals surface area contributed by atoms with Crippen LogP contribution in [0, 0.1) is 5.92 Å². The number of carbonyl (C=O) groups excluding carboxylic acids is 1. The highest BCUT2D eigenvalue weighted by Gasteiger charge is 2.68. The number of halogens is 1. The highest BCUT2D eigenvalue weighted by atomic mass is 79.9. The van der Waals surface area contributed by atoms with Gasteiger partial charge >= 0.3 is 5.97 Å². The van der Waals surface area contributed by atoms with Crippen molar-refractivity contribution in [2.24, 2.45) is 5.92 Å². The molecule has 4 nitrogen and oxygen atoms in total. The van der Waals surface area contributed by atoms with Gasteiger partial charge in [-0.05, 0) is 55.0 Å². The Morgan fingerprint density at radius 1 is 1.26 bits per heavy atom. The van der Waals surface area contributed by atoms with E-state index in [1.807, 2.05) is 48.5 Å². The topological polar surface area (TPSA) is 55.8 Å². The Balaban J connectivity index is 1.76. The van der Waals surface area contributed by atoms with Gasteiger partial charge in [0.2, 0.25) is 0 Å². The number of esters is 1. The SMILES string of the molecule is CCOC(=O)[C@@]12CC[C@H](Cc3ccc(Br)cc3)[C@]1(O)OCc1ccccc12. The third kappa shape index (κ3) is 2.84. The monoisotopic (exact) mass is 430 g/mol. The summed E-state index contributed by atoms with van der Waals surface area (Å²) in [5.74, 6) is -2.14. The molecule has 2 aromatic rings. The fraction of sp³-hybridized carbons (Fsp3) is 0.409. The van der Waals surface area contributed by atoms with Crippen LogP contribution >= 0.6 is 15.9 Å². The third-order valence-electron chi connectivity index (χ3n) is 5.98. The predicted octanol–water partition coefficient (Wildman–Crippen LogP) is 4.12. The molecule has 2 aliphatic rings. The number of carbonyl (C=O) groups is 1. The van der Waals surface area contributed by atoms with E-state index in [-0.39, 0.29) is 12.5 Å². The Kier molecular flexibility index (Phi) is 4.87. The summed E-state index contributed by atoms with van der Waals surface area (Å²) in [6, 6.07) is 15.8. The summed E-state index contributed by atoms with van der Waals surface area (Å²) in [6.07, 6.45) is 1.85. The standard InChI is InChI=1S/C22H23BrO4/c1-2-26-20(24)21-12-11-17(13-15-7-9-18(23)10-8-15)22(21,25)27-14-16-5-3-4-6-19(16)21/h3-10,17,25H,2,11-14H2,1H3/t17-,21+,22+/m1/s1. The molecule has 1 aliphatic heterocycles. The van der Waals surface area contributed by atoms with Crippen LogP contribution in [0.3, 0.4) is 0 Å². The smallest absolute Gasteiger partial charge is 0.322 e. The summed E-state index contributed by atoms with van der Waals surface area (Å²) in [7, 11) is 0. The second-order valence-electron chi connectivity index (χ2n) is 7.33. The van der Waals surface area contributed by atoms with Crippen LogP contribution < -0.4 is 0 Å². The zero-order chi connectivity index (χ0) is 19.1. The van der Waals surface area contributed by atoms with Crippen LogP contribution in [0.1, 0.15) is 36.5 Å². The molecular weight excluding hydrogens is 408 g/mol. The summed E-state index contributed by atoms with van der Waals surface area (Å²) in [4.78, 5) is 13.1. The minimum Gasteiger partial charge on any atom is -0.465 e. The van der Waals surface area contributed by atoms with Gasteiger partial charge in [-0.25, -0.2) is 0 Å². The first-order chi connectivity index (χ1) is 13.0. The fourth-order valence-corrected chi connectivity index (χ4v) is 4.96. The van der Waals surface area contributed by atoms with E-state index in [2.05, 4.69) is 15.9 Å².